The molecule has 0 aromatic heterocycles. The standard InChI is InChI=1S/C7H6ClNO8S/c10-8(11,12)17-5-18(15,16)7-3-1-6(2-4-7)9(13)14/h1-4H,5H2. The Balaban J connectivity index is 2.89. The minimum absolute atomic E-state index is 0.329. The molecule has 1 aromatic rings. The number of hydrogen-bond donors (Lipinski definition) is 0. The third kappa shape index (κ3) is 4.18. The monoisotopic (exact) mass is 299 g/mol. The zero-order valence-electron chi connectivity index (χ0n) is 8.52. The molecule has 0 unspecified atom stereocenters. The Kier molecular flexibility index (Phi) is 4.21. The van der Waals surface area contributed by atoms with E-state index in [9.17, 15) is 32.5 Å². The van der Waals surface area contributed by atoms with E-state index in [1.807, 2.05) is 0 Å². The molecule has 0 spiro atoms. The van der Waals surface area contributed by atoms with Gasteiger partial charge in [0.2, 0.25) is 9.84 Å². The number of rotatable bonds is 5. The zero-order valence-corrected chi connectivity index (χ0v) is 10.1. The van der Waals surface area contributed by atoms with Crippen LogP contribution in [-0.2, 0) is 14.1 Å². The highest BCUT2D eigenvalue weighted by Gasteiger charge is 2.27. The van der Waals surface area contributed by atoms with Crippen LogP contribution < -0.4 is 14.0 Å². The van der Waals surface area contributed by atoms with Crippen LogP contribution in [0.15, 0.2) is 29.2 Å². The van der Waals surface area contributed by atoms with Crippen molar-refractivity contribution < 1.29 is 41.9 Å². The van der Waals surface area contributed by atoms with E-state index in [0.717, 1.165) is 24.3 Å². The Morgan fingerprint density at radius 3 is 2.06 bits per heavy atom. The van der Waals surface area contributed by atoms with Crippen molar-refractivity contribution in [1.82, 2.24) is 0 Å². The molecule has 0 aliphatic carbocycles. The molecular weight excluding hydrogens is 294 g/mol. The van der Waals surface area contributed by atoms with Crippen LogP contribution in [-0.4, -0.2) is 19.3 Å². The van der Waals surface area contributed by atoms with Gasteiger partial charge in [-0.05, 0) is 12.1 Å². The van der Waals surface area contributed by atoms with Gasteiger partial charge in [0.05, 0.1) is 24.4 Å². The van der Waals surface area contributed by atoms with Crippen LogP contribution in [0.3, 0.4) is 0 Å². The Hall–Kier alpha value is -1.30. The number of nitrogens with zero attached hydrogens (tertiary/aromatic N) is 1. The van der Waals surface area contributed by atoms with Crippen molar-refractivity contribution in [3.63, 3.8) is 0 Å². The molecule has 1 aromatic carbocycles. The third-order valence-corrected chi connectivity index (χ3v) is 3.66. The second-order valence-electron chi connectivity index (χ2n) is 2.97. The van der Waals surface area contributed by atoms with Crippen molar-refractivity contribution in [2.24, 2.45) is 0 Å². The normalized spacial score (nSPS) is 12.4. The van der Waals surface area contributed by atoms with Gasteiger partial charge in [-0.25, -0.2) is 8.42 Å². The summed E-state index contributed by atoms with van der Waals surface area (Å²) < 4.78 is 56.8. The molecule has 0 fully saturated rings. The molecule has 0 aliphatic heterocycles. The molecule has 0 saturated heterocycles. The SMILES string of the molecule is O=[N+]([O-])c1ccc(S(=O)(=O)CO[Cl+3]([O-])([O-])[O-])cc1. The van der Waals surface area contributed by atoms with Gasteiger partial charge in [0, 0.05) is 12.1 Å². The van der Waals surface area contributed by atoms with Crippen molar-refractivity contribution in [2.45, 2.75) is 4.90 Å². The lowest BCUT2D eigenvalue weighted by atomic mass is 10.3. The smallest absolute Gasteiger partial charge is 0.258 e. The number of benzene rings is 1. The summed E-state index contributed by atoms with van der Waals surface area (Å²) in [6, 6.07) is 3.67. The molecular formula is C7H6ClNO8S. The molecule has 0 bridgehead atoms. The fraction of sp³-hybridized carbons (Fsp3) is 0.143. The molecule has 0 atom stereocenters. The van der Waals surface area contributed by atoms with E-state index in [0.29, 0.717) is 0 Å². The largest absolute Gasteiger partial charge is 0.307 e. The molecule has 0 saturated carbocycles. The van der Waals surface area contributed by atoms with Crippen molar-refractivity contribution in [1.29, 1.82) is 0 Å². The van der Waals surface area contributed by atoms with E-state index in [1.54, 1.807) is 0 Å². The second-order valence-corrected chi connectivity index (χ2v) is 5.88. The summed E-state index contributed by atoms with van der Waals surface area (Å²) in [6.07, 6.45) is 0. The van der Waals surface area contributed by atoms with Crippen molar-refractivity contribution >= 4 is 15.5 Å². The van der Waals surface area contributed by atoms with Crippen molar-refractivity contribution in [3.05, 3.63) is 34.4 Å². The topological polar surface area (TPSA) is 156 Å². The van der Waals surface area contributed by atoms with E-state index in [4.69, 9.17) is 0 Å². The Bertz CT molecular complexity index is 534. The fourth-order valence-corrected chi connectivity index (χ4v) is 2.55. The minimum Gasteiger partial charge on any atom is -0.258 e. The molecule has 0 N–H and O–H groups in total. The van der Waals surface area contributed by atoms with Crippen LogP contribution in [0.25, 0.3) is 0 Å². The molecule has 1 rings (SSSR count). The van der Waals surface area contributed by atoms with Gasteiger partial charge in [-0.1, -0.05) is 0 Å². The number of non-ortho nitro benzene ring substituents is 1. The van der Waals surface area contributed by atoms with E-state index in [2.05, 4.69) is 4.29 Å². The lowest BCUT2D eigenvalue weighted by molar-refractivity contribution is -1.92. The van der Waals surface area contributed by atoms with Crippen molar-refractivity contribution in [2.75, 3.05) is 5.94 Å². The first-order valence-electron chi connectivity index (χ1n) is 4.14. The fourth-order valence-electron chi connectivity index (χ4n) is 0.956. The first-order valence-corrected chi connectivity index (χ1v) is 7.03. The summed E-state index contributed by atoms with van der Waals surface area (Å²) in [5, 5.41) is 10.3. The molecule has 0 aliphatic rings. The van der Waals surface area contributed by atoms with Gasteiger partial charge >= 0.3 is 5.94 Å². The van der Waals surface area contributed by atoms with Crippen LogP contribution in [0.2, 0.25) is 0 Å². The Labute approximate surface area is 103 Å². The number of nitro groups is 1. The molecule has 100 valence electrons. The molecule has 9 nitrogen and oxygen atoms in total. The average Bonchev–Trinajstić information content (AvgIpc) is 2.26. The first kappa shape index (κ1) is 14.8. The molecule has 18 heavy (non-hydrogen) atoms. The maximum Gasteiger partial charge on any atom is 0.307 e. The van der Waals surface area contributed by atoms with Gasteiger partial charge in [0.25, 0.3) is 5.69 Å². The molecule has 0 heterocycles. The van der Waals surface area contributed by atoms with E-state index in [1.165, 1.54) is 0 Å². The Morgan fingerprint density at radius 2 is 1.67 bits per heavy atom. The van der Waals surface area contributed by atoms with Gasteiger partial charge in [0.1, 0.15) is 0 Å². The number of sulfone groups is 1. The summed E-state index contributed by atoms with van der Waals surface area (Å²) in [4.78, 5) is 9.20. The Morgan fingerprint density at radius 1 is 1.17 bits per heavy atom. The van der Waals surface area contributed by atoms with Crippen molar-refractivity contribution in [3.8, 4) is 0 Å². The van der Waals surface area contributed by atoms with E-state index in [-0.39, 0.29) is 5.69 Å². The third-order valence-electron chi connectivity index (χ3n) is 1.74. The summed E-state index contributed by atoms with van der Waals surface area (Å²) in [6.45, 7) is 0. The maximum absolute atomic E-state index is 11.5. The quantitative estimate of drug-likeness (QED) is 0.418. The average molecular weight is 300 g/mol. The maximum atomic E-state index is 11.5. The highest BCUT2D eigenvalue weighted by molar-refractivity contribution is 7.91. The second kappa shape index (κ2) is 5.14. The zero-order chi connectivity index (χ0) is 14.0. The predicted octanol–water partition coefficient (Wildman–Crippen LogP) is -2.76. The van der Waals surface area contributed by atoms with Gasteiger partial charge in [-0.3, -0.25) is 10.1 Å². The van der Waals surface area contributed by atoms with Gasteiger partial charge in [0.15, 0.2) is 0 Å². The number of hydrogen-bond acceptors (Lipinski definition) is 8. The summed E-state index contributed by atoms with van der Waals surface area (Å²) >= 11 is 0. The van der Waals surface area contributed by atoms with Crippen LogP contribution >= 0.6 is 0 Å². The lowest BCUT2D eigenvalue weighted by Gasteiger charge is -2.12. The molecule has 0 amide bonds. The summed E-state index contributed by atoms with van der Waals surface area (Å²) in [5.41, 5.74) is -0.329. The van der Waals surface area contributed by atoms with Crippen LogP contribution in [0.5, 0.6) is 0 Å². The number of halogens is 1. The van der Waals surface area contributed by atoms with Crippen LogP contribution in [0.1, 0.15) is 0 Å². The van der Waals surface area contributed by atoms with E-state index < -0.39 is 35.8 Å². The molecule has 11 heteroatoms. The van der Waals surface area contributed by atoms with Gasteiger partial charge in [-0.2, -0.15) is 14.0 Å². The first-order chi connectivity index (χ1) is 8.12. The van der Waals surface area contributed by atoms with E-state index >= 15 is 0 Å². The summed E-state index contributed by atoms with van der Waals surface area (Å²) in [7, 11) is -9.02. The highest BCUT2D eigenvalue weighted by atomic mass is 35.7. The lowest BCUT2D eigenvalue weighted by Crippen LogP contribution is -2.61. The minimum atomic E-state index is -4.85. The highest BCUT2D eigenvalue weighted by Crippen LogP contribution is 2.17. The van der Waals surface area contributed by atoms with Gasteiger partial charge in [-0.15, -0.1) is 0 Å². The number of nitro benzene ring substituents is 1. The van der Waals surface area contributed by atoms with Gasteiger partial charge < -0.3 is 0 Å². The molecule has 0 radical (unpaired) electrons. The predicted molar refractivity (Wildman–Crippen MR) is 46.2 cm³/mol. The van der Waals surface area contributed by atoms with Crippen LogP contribution in [0.4, 0.5) is 5.69 Å². The summed E-state index contributed by atoms with van der Waals surface area (Å²) in [5.74, 6) is -1.36. The van der Waals surface area contributed by atoms with Crippen LogP contribution in [0, 0.1) is 20.4 Å².